The van der Waals surface area contributed by atoms with Crippen LogP contribution in [0, 0.1) is 41.5 Å². The molecule has 0 saturated heterocycles. The highest BCUT2D eigenvalue weighted by molar-refractivity contribution is 5.97. The van der Waals surface area contributed by atoms with E-state index in [0.717, 1.165) is 66.2 Å². The standard InChI is InChI=1S/C69H55N7/c1-43-37-45(3)61(46(4)38-43)63(62-47(5)39-44(2)40-48(62)6)51-33-35-56(36-34-51)76(68-72-64(52-24-12-8-13-25-52)70-66(74-68)58-32-20-30-49-23-18-19-31-57(49)58)69-73-65(53-26-14-9-15-27-53)71-67(75-69)60-42-55-29-17-16-28-54(55)41-59(60)50-21-10-7-11-22-50/h7-42,63H,1-6H3. The molecule has 0 aliphatic heterocycles. The second-order valence-electron chi connectivity index (χ2n) is 19.9. The third kappa shape index (κ3) is 9.17. The molecule has 0 bridgehead atoms. The van der Waals surface area contributed by atoms with Crippen LogP contribution in [0.1, 0.15) is 56.0 Å². The van der Waals surface area contributed by atoms with Crippen LogP contribution < -0.4 is 4.90 Å². The van der Waals surface area contributed by atoms with Crippen molar-refractivity contribution in [2.45, 2.75) is 47.5 Å². The minimum Gasteiger partial charge on any atom is -0.246 e. The highest BCUT2D eigenvalue weighted by Gasteiger charge is 2.28. The zero-order chi connectivity index (χ0) is 51.9. The Balaban J connectivity index is 1.14. The summed E-state index contributed by atoms with van der Waals surface area (Å²) in [4.78, 5) is 34.4. The average Bonchev–Trinajstić information content (AvgIpc) is 3.44. The van der Waals surface area contributed by atoms with Gasteiger partial charge < -0.3 is 0 Å². The number of hydrogen-bond acceptors (Lipinski definition) is 7. The van der Waals surface area contributed by atoms with Gasteiger partial charge in [0.2, 0.25) is 11.9 Å². The molecule has 12 aromatic rings. The number of aryl methyl sites for hydroxylation is 6. The van der Waals surface area contributed by atoms with Crippen LogP contribution in [-0.4, -0.2) is 29.9 Å². The van der Waals surface area contributed by atoms with Crippen molar-refractivity contribution < 1.29 is 0 Å². The van der Waals surface area contributed by atoms with Crippen molar-refractivity contribution in [1.29, 1.82) is 0 Å². The fraction of sp³-hybridized carbons (Fsp3) is 0.101. The van der Waals surface area contributed by atoms with Gasteiger partial charge in [-0.05, 0) is 137 Å². The van der Waals surface area contributed by atoms with Crippen LogP contribution >= 0.6 is 0 Å². The van der Waals surface area contributed by atoms with Crippen LogP contribution in [0.3, 0.4) is 0 Å². The Morgan fingerprint density at radius 1 is 0.316 bits per heavy atom. The maximum absolute atomic E-state index is 5.55. The van der Waals surface area contributed by atoms with Crippen LogP contribution in [0.15, 0.2) is 218 Å². The summed E-state index contributed by atoms with van der Waals surface area (Å²) in [5, 5.41) is 4.31. The van der Waals surface area contributed by atoms with Crippen LogP contribution in [0.25, 0.3) is 78.2 Å². The second kappa shape index (κ2) is 20.1. The molecule has 10 aromatic carbocycles. The van der Waals surface area contributed by atoms with Crippen molar-refractivity contribution in [1.82, 2.24) is 29.9 Å². The highest BCUT2D eigenvalue weighted by Crippen LogP contribution is 2.43. The molecular formula is C69H55N7. The van der Waals surface area contributed by atoms with Crippen molar-refractivity contribution in [3.8, 4) is 56.7 Å². The molecule has 0 N–H and O–H groups in total. The Hall–Kier alpha value is -9.46. The van der Waals surface area contributed by atoms with E-state index in [1.807, 2.05) is 71.6 Å². The van der Waals surface area contributed by atoms with E-state index in [0.29, 0.717) is 35.2 Å². The molecule has 0 spiro atoms. The molecule has 0 fully saturated rings. The summed E-state index contributed by atoms with van der Waals surface area (Å²) >= 11 is 0. The number of rotatable bonds is 11. The molecule has 0 unspecified atom stereocenters. The average molecular weight is 982 g/mol. The molecule has 2 heterocycles. The molecule has 12 rings (SSSR count). The maximum atomic E-state index is 5.55. The quantitative estimate of drug-likeness (QED) is 0.119. The van der Waals surface area contributed by atoms with E-state index >= 15 is 0 Å². The molecule has 366 valence electrons. The highest BCUT2D eigenvalue weighted by atomic mass is 15.4. The van der Waals surface area contributed by atoms with Gasteiger partial charge in [-0.25, -0.2) is 14.9 Å². The molecular weight excluding hydrogens is 927 g/mol. The molecule has 0 aliphatic rings. The van der Waals surface area contributed by atoms with Gasteiger partial charge in [0.05, 0.1) is 5.69 Å². The van der Waals surface area contributed by atoms with E-state index in [2.05, 4.69) is 193 Å². The van der Waals surface area contributed by atoms with Gasteiger partial charge in [0.25, 0.3) is 0 Å². The predicted octanol–water partition coefficient (Wildman–Crippen LogP) is 17.2. The normalized spacial score (nSPS) is 11.4. The number of anilines is 3. The summed E-state index contributed by atoms with van der Waals surface area (Å²) in [5.41, 5.74) is 17.6. The summed E-state index contributed by atoms with van der Waals surface area (Å²) in [6.45, 7) is 13.3. The maximum Gasteiger partial charge on any atom is 0.241 e. The van der Waals surface area contributed by atoms with E-state index in [-0.39, 0.29) is 5.92 Å². The summed E-state index contributed by atoms with van der Waals surface area (Å²) in [6.07, 6.45) is 0. The summed E-state index contributed by atoms with van der Waals surface area (Å²) in [7, 11) is 0. The minimum atomic E-state index is -0.0405. The number of benzene rings is 10. The largest absolute Gasteiger partial charge is 0.246 e. The van der Waals surface area contributed by atoms with Crippen LogP contribution in [0.4, 0.5) is 17.6 Å². The predicted molar refractivity (Wildman–Crippen MR) is 312 cm³/mol. The first kappa shape index (κ1) is 47.5. The first-order valence-electron chi connectivity index (χ1n) is 25.9. The third-order valence-corrected chi connectivity index (χ3v) is 14.5. The topological polar surface area (TPSA) is 80.6 Å². The van der Waals surface area contributed by atoms with Gasteiger partial charge in [0, 0.05) is 28.2 Å². The second-order valence-corrected chi connectivity index (χ2v) is 19.9. The molecule has 0 saturated carbocycles. The van der Waals surface area contributed by atoms with Crippen molar-refractivity contribution >= 4 is 39.1 Å². The number of nitrogens with zero attached hydrogens (tertiary/aromatic N) is 7. The van der Waals surface area contributed by atoms with E-state index in [1.54, 1.807) is 0 Å². The fourth-order valence-electron chi connectivity index (χ4n) is 11.2. The van der Waals surface area contributed by atoms with Crippen LogP contribution in [0.5, 0.6) is 0 Å². The fourth-order valence-corrected chi connectivity index (χ4v) is 11.2. The Labute approximate surface area is 444 Å². The van der Waals surface area contributed by atoms with Crippen molar-refractivity contribution in [2.24, 2.45) is 0 Å². The van der Waals surface area contributed by atoms with Gasteiger partial charge in [-0.2, -0.15) is 19.9 Å². The lowest BCUT2D eigenvalue weighted by atomic mass is 9.77. The molecule has 7 heteroatoms. The lowest BCUT2D eigenvalue weighted by molar-refractivity contribution is 0.917. The third-order valence-electron chi connectivity index (χ3n) is 14.5. The zero-order valence-corrected chi connectivity index (χ0v) is 43.5. The number of fused-ring (bicyclic) bond motifs is 2. The molecule has 0 atom stereocenters. The Bertz CT molecular complexity index is 4010. The van der Waals surface area contributed by atoms with E-state index in [4.69, 9.17) is 29.9 Å². The first-order chi connectivity index (χ1) is 37.1. The van der Waals surface area contributed by atoms with Crippen LogP contribution in [0.2, 0.25) is 0 Å². The number of aromatic nitrogens is 6. The lowest BCUT2D eigenvalue weighted by Gasteiger charge is -2.28. The lowest BCUT2D eigenvalue weighted by Crippen LogP contribution is -2.19. The van der Waals surface area contributed by atoms with E-state index < -0.39 is 0 Å². The van der Waals surface area contributed by atoms with E-state index in [1.165, 1.54) is 44.5 Å². The summed E-state index contributed by atoms with van der Waals surface area (Å²) in [6, 6.07) is 76.2. The Morgan fingerprint density at radius 3 is 1.24 bits per heavy atom. The van der Waals surface area contributed by atoms with Gasteiger partial charge in [-0.3, -0.25) is 0 Å². The van der Waals surface area contributed by atoms with Crippen molar-refractivity contribution in [3.63, 3.8) is 0 Å². The van der Waals surface area contributed by atoms with Gasteiger partial charge in [-0.15, -0.1) is 0 Å². The van der Waals surface area contributed by atoms with Gasteiger partial charge >= 0.3 is 0 Å². The summed E-state index contributed by atoms with van der Waals surface area (Å²) < 4.78 is 0. The Kier molecular flexibility index (Phi) is 12.6. The first-order valence-corrected chi connectivity index (χ1v) is 25.9. The molecule has 2 aromatic heterocycles. The summed E-state index contributed by atoms with van der Waals surface area (Å²) in [5.74, 6) is 2.73. The molecule has 0 amide bonds. The zero-order valence-electron chi connectivity index (χ0n) is 43.5. The molecule has 7 nitrogen and oxygen atoms in total. The van der Waals surface area contributed by atoms with Gasteiger partial charge in [0.15, 0.2) is 23.3 Å². The Morgan fingerprint density at radius 2 is 0.724 bits per heavy atom. The minimum absolute atomic E-state index is 0.0405. The molecule has 0 radical (unpaired) electrons. The van der Waals surface area contributed by atoms with Gasteiger partial charge in [0.1, 0.15) is 0 Å². The SMILES string of the molecule is Cc1cc(C)c(C(c2ccc(N(c3nc(-c4ccccc4)nc(-c4cc5ccccc5cc4-c4ccccc4)n3)c3nc(-c4ccccc4)nc(-c4cccc5ccccc45)n3)cc2)c2c(C)cc(C)cc2C)c(C)c1. The van der Waals surface area contributed by atoms with Crippen molar-refractivity contribution in [2.75, 3.05) is 4.90 Å². The van der Waals surface area contributed by atoms with Gasteiger partial charge in [-0.1, -0.05) is 205 Å². The van der Waals surface area contributed by atoms with Crippen molar-refractivity contribution in [3.05, 3.63) is 268 Å². The number of hydrogen-bond donors (Lipinski definition) is 0. The smallest absolute Gasteiger partial charge is 0.241 e. The monoisotopic (exact) mass is 981 g/mol. The molecule has 76 heavy (non-hydrogen) atoms. The van der Waals surface area contributed by atoms with Crippen LogP contribution in [-0.2, 0) is 0 Å². The molecule has 0 aliphatic carbocycles. The van der Waals surface area contributed by atoms with E-state index in [9.17, 15) is 0 Å².